The first-order chi connectivity index (χ1) is 6.19. The monoisotopic (exact) mass is 178 g/mol. The predicted molar refractivity (Wildman–Crippen MR) is 47.1 cm³/mol. The molecule has 0 radical (unpaired) electrons. The number of carbonyl (C=O) groups excluding carboxylic acids is 1. The maximum absolute atomic E-state index is 11.1. The quantitative estimate of drug-likeness (QED) is 0.504. The van der Waals surface area contributed by atoms with Crippen molar-refractivity contribution in [3.05, 3.63) is 34.9 Å². The van der Waals surface area contributed by atoms with E-state index in [1.165, 1.54) is 7.11 Å². The van der Waals surface area contributed by atoms with E-state index in [0.717, 1.165) is 5.56 Å². The summed E-state index contributed by atoms with van der Waals surface area (Å²) in [6, 6.07) is 1.67. The highest BCUT2D eigenvalue weighted by Gasteiger charge is 2.12. The summed E-state index contributed by atoms with van der Waals surface area (Å²) in [5, 5.41) is 0. The number of carbonyl (C=O) groups is 1. The second-order valence-electron chi connectivity index (χ2n) is 2.65. The number of esters is 1. The van der Waals surface area contributed by atoms with Crippen molar-refractivity contribution in [2.75, 3.05) is 7.11 Å². The molecule has 1 rings (SSSR count). The first-order valence-electron chi connectivity index (χ1n) is 3.75. The molecule has 1 aromatic rings. The minimum Gasteiger partial charge on any atom is -0.464 e. The minimum atomic E-state index is -0.376. The van der Waals surface area contributed by atoms with Crippen LogP contribution in [-0.2, 0) is 18.3 Å². The summed E-state index contributed by atoms with van der Waals surface area (Å²) < 4.78 is 6.23. The van der Waals surface area contributed by atoms with E-state index in [-0.39, 0.29) is 5.97 Å². The van der Waals surface area contributed by atoms with Crippen molar-refractivity contribution in [1.29, 1.82) is 0 Å². The van der Waals surface area contributed by atoms with Crippen LogP contribution in [0.3, 0.4) is 0 Å². The van der Waals surface area contributed by atoms with Crippen LogP contribution in [0.1, 0.15) is 16.1 Å². The molecule has 1 aromatic heterocycles. The van der Waals surface area contributed by atoms with E-state index >= 15 is 0 Å². The molecule has 0 fully saturated rings. The van der Waals surface area contributed by atoms with Gasteiger partial charge in [0, 0.05) is 18.8 Å². The SMILES string of the molecule is [C-]#[N+]Cc1cc(C(=O)OC)n(C)c1. The summed E-state index contributed by atoms with van der Waals surface area (Å²) in [7, 11) is 3.09. The third-order valence-electron chi connectivity index (χ3n) is 1.72. The summed E-state index contributed by atoms with van der Waals surface area (Å²) >= 11 is 0. The van der Waals surface area contributed by atoms with Crippen molar-refractivity contribution in [1.82, 2.24) is 4.57 Å². The van der Waals surface area contributed by atoms with Gasteiger partial charge in [-0.25, -0.2) is 11.4 Å². The van der Waals surface area contributed by atoms with E-state index in [4.69, 9.17) is 6.57 Å². The molecule has 0 bridgehead atoms. The molecule has 4 heteroatoms. The van der Waals surface area contributed by atoms with Crippen LogP contribution in [0.25, 0.3) is 4.85 Å². The lowest BCUT2D eigenvalue weighted by molar-refractivity contribution is 0.0590. The van der Waals surface area contributed by atoms with Gasteiger partial charge >= 0.3 is 5.97 Å². The van der Waals surface area contributed by atoms with Crippen LogP contribution in [-0.4, -0.2) is 17.6 Å². The summed E-state index contributed by atoms with van der Waals surface area (Å²) in [5.74, 6) is -0.376. The second-order valence-corrected chi connectivity index (χ2v) is 2.65. The van der Waals surface area contributed by atoms with Gasteiger partial charge in [-0.15, -0.1) is 0 Å². The summed E-state index contributed by atoms with van der Waals surface area (Å²) in [6.45, 7) is 6.97. The Balaban J connectivity index is 2.97. The lowest BCUT2D eigenvalue weighted by Crippen LogP contribution is -2.06. The normalized spacial score (nSPS) is 9.31. The molecule has 0 N–H and O–H groups in total. The van der Waals surface area contributed by atoms with Crippen LogP contribution in [0.2, 0.25) is 0 Å². The fourth-order valence-corrected chi connectivity index (χ4v) is 1.12. The Labute approximate surface area is 76.6 Å². The number of hydrogen-bond donors (Lipinski definition) is 0. The number of ether oxygens (including phenoxy) is 1. The lowest BCUT2D eigenvalue weighted by Gasteiger charge is -1.98. The summed E-state index contributed by atoms with van der Waals surface area (Å²) in [5.41, 5.74) is 1.30. The Kier molecular flexibility index (Phi) is 2.70. The lowest BCUT2D eigenvalue weighted by atomic mass is 10.3. The van der Waals surface area contributed by atoms with Crippen LogP contribution in [0.15, 0.2) is 12.3 Å². The van der Waals surface area contributed by atoms with Crippen molar-refractivity contribution in [3.63, 3.8) is 0 Å². The zero-order valence-corrected chi connectivity index (χ0v) is 7.57. The summed E-state index contributed by atoms with van der Waals surface area (Å²) in [6.07, 6.45) is 1.75. The Hall–Kier alpha value is -1.76. The molecule has 0 aliphatic rings. The average Bonchev–Trinajstić information content (AvgIpc) is 2.46. The second kappa shape index (κ2) is 3.76. The van der Waals surface area contributed by atoms with Crippen molar-refractivity contribution in [3.8, 4) is 0 Å². The van der Waals surface area contributed by atoms with Gasteiger partial charge in [-0.1, -0.05) is 0 Å². The van der Waals surface area contributed by atoms with Gasteiger partial charge in [-0.05, 0) is 6.07 Å². The largest absolute Gasteiger partial charge is 0.464 e. The van der Waals surface area contributed by atoms with Crippen LogP contribution in [0.4, 0.5) is 0 Å². The zero-order valence-electron chi connectivity index (χ0n) is 7.57. The third-order valence-corrected chi connectivity index (χ3v) is 1.72. The highest BCUT2D eigenvalue weighted by Crippen LogP contribution is 2.09. The molecule has 0 aliphatic heterocycles. The van der Waals surface area contributed by atoms with Gasteiger partial charge in [0.2, 0.25) is 6.54 Å². The first-order valence-corrected chi connectivity index (χ1v) is 3.75. The van der Waals surface area contributed by atoms with E-state index in [9.17, 15) is 4.79 Å². The molecule has 0 saturated carbocycles. The van der Waals surface area contributed by atoms with Crippen LogP contribution in [0, 0.1) is 6.57 Å². The van der Waals surface area contributed by atoms with Gasteiger partial charge in [-0.2, -0.15) is 0 Å². The molecule has 0 aliphatic carbocycles. The molecule has 0 aromatic carbocycles. The highest BCUT2D eigenvalue weighted by molar-refractivity contribution is 5.87. The van der Waals surface area contributed by atoms with Gasteiger partial charge in [0.1, 0.15) is 5.69 Å². The fourth-order valence-electron chi connectivity index (χ4n) is 1.12. The third kappa shape index (κ3) is 1.88. The fraction of sp³-hybridized carbons (Fsp3) is 0.333. The molecule has 68 valence electrons. The molecular weight excluding hydrogens is 168 g/mol. The molecule has 0 unspecified atom stereocenters. The van der Waals surface area contributed by atoms with Crippen LogP contribution >= 0.6 is 0 Å². The minimum absolute atomic E-state index is 0.296. The van der Waals surface area contributed by atoms with Crippen molar-refractivity contribution < 1.29 is 9.53 Å². The molecule has 0 amide bonds. The van der Waals surface area contributed by atoms with Crippen LogP contribution in [0.5, 0.6) is 0 Å². The average molecular weight is 178 g/mol. The van der Waals surface area contributed by atoms with Gasteiger partial charge in [-0.3, -0.25) is 0 Å². The number of aromatic nitrogens is 1. The topological polar surface area (TPSA) is 35.6 Å². The highest BCUT2D eigenvalue weighted by atomic mass is 16.5. The molecule has 0 spiro atoms. The molecule has 0 saturated heterocycles. The van der Waals surface area contributed by atoms with E-state index in [1.807, 2.05) is 0 Å². The van der Waals surface area contributed by atoms with Gasteiger partial charge in [0.15, 0.2) is 0 Å². The molecule has 4 nitrogen and oxygen atoms in total. The first kappa shape index (κ1) is 9.33. The Morgan fingerprint density at radius 3 is 3.00 bits per heavy atom. The van der Waals surface area contributed by atoms with Crippen LogP contribution < -0.4 is 0 Å². The van der Waals surface area contributed by atoms with E-state index in [0.29, 0.717) is 12.2 Å². The Morgan fingerprint density at radius 2 is 2.46 bits per heavy atom. The number of aryl methyl sites for hydroxylation is 1. The Morgan fingerprint density at radius 1 is 1.77 bits per heavy atom. The van der Waals surface area contributed by atoms with E-state index in [1.54, 1.807) is 23.9 Å². The Bertz CT molecular complexity index is 360. The van der Waals surface area contributed by atoms with E-state index in [2.05, 4.69) is 9.58 Å². The van der Waals surface area contributed by atoms with Gasteiger partial charge in [0.25, 0.3) is 0 Å². The van der Waals surface area contributed by atoms with E-state index < -0.39 is 0 Å². The van der Waals surface area contributed by atoms with Crippen molar-refractivity contribution >= 4 is 5.97 Å². The molecular formula is C9H10N2O2. The maximum atomic E-state index is 11.1. The number of nitrogens with zero attached hydrogens (tertiary/aromatic N) is 2. The number of hydrogen-bond acceptors (Lipinski definition) is 2. The van der Waals surface area contributed by atoms with Crippen molar-refractivity contribution in [2.45, 2.75) is 6.54 Å². The zero-order chi connectivity index (χ0) is 9.84. The maximum Gasteiger partial charge on any atom is 0.354 e. The number of methoxy groups -OCH3 is 1. The predicted octanol–water partition coefficient (Wildman–Crippen LogP) is 1.23. The standard InChI is InChI=1S/C9H10N2O2/c1-10-5-7-4-8(9(12)13-3)11(2)6-7/h4,6H,5H2,2-3H3. The molecule has 13 heavy (non-hydrogen) atoms. The smallest absolute Gasteiger partial charge is 0.354 e. The van der Waals surface area contributed by atoms with Gasteiger partial charge in [0.05, 0.1) is 7.11 Å². The molecule has 0 atom stereocenters. The molecule has 1 heterocycles. The van der Waals surface area contributed by atoms with Gasteiger partial charge < -0.3 is 14.1 Å². The summed E-state index contributed by atoms with van der Waals surface area (Å²) in [4.78, 5) is 14.4. The number of rotatable bonds is 2. The van der Waals surface area contributed by atoms with Crippen molar-refractivity contribution in [2.24, 2.45) is 7.05 Å².